The minimum absolute atomic E-state index is 0.319. The number of benzene rings is 2. The Morgan fingerprint density at radius 2 is 1.86 bits per heavy atom. The van der Waals surface area contributed by atoms with Gasteiger partial charge in [-0.3, -0.25) is 9.36 Å². The fraction of sp³-hybridized carbons (Fsp3) is 0.192. The van der Waals surface area contributed by atoms with Gasteiger partial charge in [-0.25, -0.2) is 4.79 Å². The summed E-state index contributed by atoms with van der Waals surface area (Å²) >= 11 is 6.17. The summed E-state index contributed by atoms with van der Waals surface area (Å²) in [5, 5.41) is 12.7. The lowest BCUT2D eigenvalue weighted by Crippen LogP contribution is -2.22. The Balaban J connectivity index is 1.71. The summed E-state index contributed by atoms with van der Waals surface area (Å²) in [6, 6.07) is 14.7. The normalized spacial score (nSPS) is 10.6. The Morgan fingerprint density at radius 1 is 1.14 bits per heavy atom. The fourth-order valence-corrected chi connectivity index (χ4v) is 3.81. The third kappa shape index (κ3) is 5.65. The largest absolute Gasteiger partial charge is 0.493 e. The van der Waals surface area contributed by atoms with Gasteiger partial charge in [-0.1, -0.05) is 29.8 Å². The first-order chi connectivity index (χ1) is 16.8. The van der Waals surface area contributed by atoms with Crippen LogP contribution < -0.4 is 14.8 Å². The molecule has 0 aliphatic carbocycles. The topological polar surface area (TPSA) is 103 Å². The van der Waals surface area contributed by atoms with E-state index in [1.165, 1.54) is 26.4 Å². The zero-order valence-corrected chi connectivity index (χ0v) is 20.5. The van der Waals surface area contributed by atoms with Gasteiger partial charge in [-0.15, -0.1) is 0 Å². The van der Waals surface area contributed by atoms with Crippen LogP contribution in [0.2, 0.25) is 5.02 Å². The average Bonchev–Trinajstić information content (AvgIpc) is 3.09. The molecule has 0 radical (unpaired) electrons. The summed E-state index contributed by atoms with van der Waals surface area (Å²) in [6.07, 6.45) is 2.65. The number of carbonyl (C=O) groups excluding carboxylic acids is 2. The molecule has 1 aromatic heterocycles. The number of nitriles is 1. The molecule has 0 unspecified atom stereocenters. The van der Waals surface area contributed by atoms with Crippen molar-refractivity contribution in [1.29, 1.82) is 5.26 Å². The molecule has 180 valence electrons. The van der Waals surface area contributed by atoms with Crippen LogP contribution in [0.4, 0.5) is 5.82 Å². The second-order valence-corrected chi connectivity index (χ2v) is 7.85. The standard InChI is InChI=1S/C26H24ClN3O5/c1-16-17(2)30(19-8-6-5-7-9-19)26(20(16)14-28)29-23(31)15-35-24(32)11-10-18-12-21(27)25(34-4)22(13-18)33-3/h5-13H,15H2,1-4H3,(H,29,31)/b11-10-. The van der Waals surface area contributed by atoms with E-state index in [9.17, 15) is 14.9 Å². The van der Waals surface area contributed by atoms with Gasteiger partial charge in [0.1, 0.15) is 11.9 Å². The number of nitrogens with one attached hydrogen (secondary N) is 1. The van der Waals surface area contributed by atoms with Crippen molar-refractivity contribution in [2.45, 2.75) is 13.8 Å². The Hall–Kier alpha value is -4.22. The van der Waals surface area contributed by atoms with E-state index in [0.29, 0.717) is 33.5 Å². The molecule has 0 fully saturated rings. The highest BCUT2D eigenvalue weighted by Gasteiger charge is 2.21. The predicted octanol–water partition coefficient (Wildman–Crippen LogP) is 4.83. The summed E-state index contributed by atoms with van der Waals surface area (Å²) in [4.78, 5) is 24.7. The van der Waals surface area contributed by atoms with E-state index >= 15 is 0 Å². The van der Waals surface area contributed by atoms with Crippen molar-refractivity contribution in [1.82, 2.24) is 4.57 Å². The zero-order chi connectivity index (χ0) is 25.5. The summed E-state index contributed by atoms with van der Waals surface area (Å²) < 4.78 is 17.3. The van der Waals surface area contributed by atoms with Crippen LogP contribution >= 0.6 is 11.6 Å². The van der Waals surface area contributed by atoms with Gasteiger partial charge < -0.3 is 19.5 Å². The number of anilines is 1. The summed E-state index contributed by atoms with van der Waals surface area (Å²) in [5.74, 6) is -0.185. The van der Waals surface area contributed by atoms with Gasteiger partial charge in [0.15, 0.2) is 18.1 Å². The molecule has 0 bridgehead atoms. The van der Waals surface area contributed by atoms with Crippen LogP contribution in [0.15, 0.2) is 48.5 Å². The number of para-hydroxylation sites is 1. The molecule has 0 aliphatic rings. The SMILES string of the molecule is COc1cc(/C=C\C(=O)OCC(=O)Nc2c(C#N)c(C)c(C)n2-c2ccccc2)cc(Cl)c1OC. The third-order valence-electron chi connectivity index (χ3n) is 5.31. The number of hydrogen-bond donors (Lipinski definition) is 1. The zero-order valence-electron chi connectivity index (χ0n) is 19.7. The number of hydrogen-bond acceptors (Lipinski definition) is 6. The molecule has 35 heavy (non-hydrogen) atoms. The highest BCUT2D eigenvalue weighted by Crippen LogP contribution is 2.36. The molecule has 3 rings (SSSR count). The van der Waals surface area contributed by atoms with E-state index in [2.05, 4.69) is 11.4 Å². The predicted molar refractivity (Wildman–Crippen MR) is 133 cm³/mol. The maximum absolute atomic E-state index is 12.6. The van der Waals surface area contributed by atoms with Gasteiger partial charge >= 0.3 is 5.97 Å². The smallest absolute Gasteiger partial charge is 0.331 e. The molecule has 0 aliphatic heterocycles. The van der Waals surface area contributed by atoms with Gasteiger partial charge in [-0.2, -0.15) is 5.26 Å². The van der Waals surface area contributed by atoms with E-state index in [1.54, 1.807) is 16.7 Å². The summed E-state index contributed by atoms with van der Waals surface area (Å²) in [5.41, 5.74) is 3.28. The second-order valence-electron chi connectivity index (χ2n) is 7.44. The number of methoxy groups -OCH3 is 2. The number of rotatable bonds is 8. The van der Waals surface area contributed by atoms with E-state index in [1.807, 2.05) is 44.2 Å². The van der Waals surface area contributed by atoms with E-state index < -0.39 is 18.5 Å². The van der Waals surface area contributed by atoms with Crippen LogP contribution in [0, 0.1) is 25.2 Å². The molecule has 0 atom stereocenters. The second kappa shape index (κ2) is 11.3. The molecule has 0 saturated heterocycles. The van der Waals surface area contributed by atoms with Crippen molar-refractivity contribution in [3.05, 3.63) is 75.9 Å². The number of amides is 1. The molecule has 8 nitrogen and oxygen atoms in total. The van der Waals surface area contributed by atoms with Gasteiger partial charge in [0.25, 0.3) is 5.91 Å². The molecule has 0 spiro atoms. The van der Waals surface area contributed by atoms with Gasteiger partial charge in [0.05, 0.1) is 24.8 Å². The Labute approximate surface area is 208 Å². The molecule has 3 aromatic rings. The molecule has 1 amide bonds. The number of ether oxygens (including phenoxy) is 3. The van der Waals surface area contributed by atoms with Gasteiger partial charge in [-0.05, 0) is 55.3 Å². The Morgan fingerprint density at radius 3 is 2.49 bits per heavy atom. The first-order valence-corrected chi connectivity index (χ1v) is 10.9. The minimum Gasteiger partial charge on any atom is -0.493 e. The van der Waals surface area contributed by atoms with Crippen molar-refractivity contribution in [3.63, 3.8) is 0 Å². The van der Waals surface area contributed by atoms with E-state index in [4.69, 9.17) is 25.8 Å². The van der Waals surface area contributed by atoms with Crippen LogP contribution in [0.25, 0.3) is 11.8 Å². The molecule has 0 saturated carbocycles. The third-order valence-corrected chi connectivity index (χ3v) is 5.59. The Bertz CT molecular complexity index is 1320. The number of halogens is 1. The molecular formula is C26H24ClN3O5. The van der Waals surface area contributed by atoms with Gasteiger partial charge in [0, 0.05) is 17.5 Å². The molecular weight excluding hydrogens is 470 g/mol. The number of aromatic nitrogens is 1. The highest BCUT2D eigenvalue weighted by molar-refractivity contribution is 6.32. The first kappa shape index (κ1) is 25.4. The molecule has 1 heterocycles. The van der Waals surface area contributed by atoms with Crippen molar-refractivity contribution in [2.24, 2.45) is 0 Å². The van der Waals surface area contributed by atoms with Crippen molar-refractivity contribution >= 4 is 35.4 Å². The lowest BCUT2D eigenvalue weighted by molar-refractivity contribution is -0.142. The number of carbonyl (C=O) groups is 2. The summed E-state index contributed by atoms with van der Waals surface area (Å²) in [6.45, 7) is 3.15. The molecule has 2 aromatic carbocycles. The van der Waals surface area contributed by atoms with Crippen LogP contribution in [0.1, 0.15) is 22.4 Å². The molecule has 9 heteroatoms. The quantitative estimate of drug-likeness (QED) is 0.356. The highest BCUT2D eigenvalue weighted by atomic mass is 35.5. The molecule has 1 N–H and O–H groups in total. The van der Waals surface area contributed by atoms with E-state index in [-0.39, 0.29) is 0 Å². The van der Waals surface area contributed by atoms with Crippen LogP contribution in [-0.4, -0.2) is 37.3 Å². The lowest BCUT2D eigenvalue weighted by atomic mass is 10.2. The fourth-order valence-electron chi connectivity index (χ4n) is 3.51. The first-order valence-electron chi connectivity index (χ1n) is 10.5. The van der Waals surface area contributed by atoms with Crippen LogP contribution in [-0.2, 0) is 14.3 Å². The monoisotopic (exact) mass is 493 g/mol. The number of nitrogens with zero attached hydrogens (tertiary/aromatic N) is 2. The minimum atomic E-state index is -0.725. The number of esters is 1. The Kier molecular flexibility index (Phi) is 8.18. The maximum atomic E-state index is 12.6. The van der Waals surface area contributed by atoms with Crippen molar-refractivity contribution in [2.75, 3.05) is 26.1 Å². The van der Waals surface area contributed by atoms with E-state index in [0.717, 1.165) is 16.9 Å². The van der Waals surface area contributed by atoms with Crippen molar-refractivity contribution in [3.8, 4) is 23.3 Å². The average molecular weight is 494 g/mol. The van der Waals surface area contributed by atoms with Crippen molar-refractivity contribution < 1.29 is 23.8 Å². The lowest BCUT2D eigenvalue weighted by Gasteiger charge is -2.13. The van der Waals surface area contributed by atoms with Crippen LogP contribution in [0.5, 0.6) is 11.5 Å². The maximum Gasteiger partial charge on any atom is 0.331 e. The van der Waals surface area contributed by atoms with Crippen LogP contribution in [0.3, 0.4) is 0 Å². The summed E-state index contributed by atoms with van der Waals surface area (Å²) in [7, 11) is 2.95. The van der Waals surface area contributed by atoms with Gasteiger partial charge in [0.2, 0.25) is 0 Å².